The lowest BCUT2D eigenvalue weighted by atomic mass is 9.91. The molecule has 3 nitrogen and oxygen atoms in total. The van der Waals surface area contributed by atoms with E-state index in [1.807, 2.05) is 0 Å². The van der Waals surface area contributed by atoms with Gasteiger partial charge in [0.25, 0.3) is 0 Å². The Hall–Kier alpha value is -1.35. The second-order valence-electron chi connectivity index (χ2n) is 5.26. The molecule has 1 aliphatic carbocycles. The molecule has 84 valence electrons. The smallest absolute Gasteiger partial charge is 0.137 e. The number of imidazole rings is 1. The number of hydrogen-bond acceptors (Lipinski definition) is 2. The first-order chi connectivity index (χ1) is 7.62. The Morgan fingerprint density at radius 1 is 1.50 bits per heavy atom. The minimum Gasteiger partial charge on any atom is -0.326 e. The van der Waals surface area contributed by atoms with Gasteiger partial charge in [0, 0.05) is 23.9 Å². The second-order valence-corrected chi connectivity index (χ2v) is 5.26. The zero-order valence-corrected chi connectivity index (χ0v) is 9.83. The van der Waals surface area contributed by atoms with Crippen LogP contribution in [0.3, 0.4) is 0 Å². The van der Waals surface area contributed by atoms with E-state index in [4.69, 9.17) is 10.7 Å². The molecule has 16 heavy (non-hydrogen) atoms. The first-order valence-corrected chi connectivity index (χ1v) is 5.82. The first-order valence-electron chi connectivity index (χ1n) is 5.82. The van der Waals surface area contributed by atoms with Crippen LogP contribution in [0.4, 0.5) is 0 Å². The highest BCUT2D eigenvalue weighted by molar-refractivity contribution is 5.49. The summed E-state index contributed by atoms with van der Waals surface area (Å²) in [6, 6.07) is 4.18. The molecule has 1 aliphatic rings. The molecule has 0 amide bonds. The topological polar surface area (TPSA) is 43.3 Å². The number of aryl methyl sites for hydroxylation is 1. The molecule has 3 heteroatoms. The van der Waals surface area contributed by atoms with Crippen LogP contribution in [0.25, 0.3) is 5.65 Å². The Labute approximate surface area is 95.3 Å². The van der Waals surface area contributed by atoms with Gasteiger partial charge in [-0.2, -0.15) is 0 Å². The summed E-state index contributed by atoms with van der Waals surface area (Å²) in [5.74, 6) is 0. The molecule has 2 aromatic heterocycles. The van der Waals surface area contributed by atoms with Gasteiger partial charge < -0.3 is 10.1 Å². The standard InChI is InChI=1S/C13H17N3/c1-13(2)5-3-10-12(13)15-11-7-9(8-14)4-6-16(10)11/h4,6-7H,3,5,8,14H2,1-2H3. The van der Waals surface area contributed by atoms with Crippen LogP contribution in [0, 0.1) is 0 Å². The van der Waals surface area contributed by atoms with E-state index < -0.39 is 0 Å². The lowest BCUT2D eigenvalue weighted by Gasteiger charge is -2.14. The summed E-state index contributed by atoms with van der Waals surface area (Å²) in [6.07, 6.45) is 4.43. The van der Waals surface area contributed by atoms with Gasteiger partial charge in [0.05, 0.1) is 5.69 Å². The summed E-state index contributed by atoms with van der Waals surface area (Å²) in [4.78, 5) is 4.76. The van der Waals surface area contributed by atoms with Gasteiger partial charge in [-0.25, -0.2) is 4.98 Å². The minimum atomic E-state index is 0.226. The molecule has 3 rings (SSSR count). The molecule has 0 aliphatic heterocycles. The molecule has 0 saturated carbocycles. The van der Waals surface area contributed by atoms with Crippen LogP contribution in [0.5, 0.6) is 0 Å². The summed E-state index contributed by atoms with van der Waals surface area (Å²) in [5.41, 5.74) is 10.7. The van der Waals surface area contributed by atoms with Crippen molar-refractivity contribution >= 4 is 5.65 Å². The van der Waals surface area contributed by atoms with E-state index in [1.54, 1.807) is 0 Å². The fraction of sp³-hybridized carbons (Fsp3) is 0.462. The maximum atomic E-state index is 5.65. The van der Waals surface area contributed by atoms with Crippen LogP contribution in [0.2, 0.25) is 0 Å². The van der Waals surface area contributed by atoms with Crippen molar-refractivity contribution in [1.29, 1.82) is 0 Å². The van der Waals surface area contributed by atoms with Crippen LogP contribution in [-0.4, -0.2) is 9.38 Å². The maximum Gasteiger partial charge on any atom is 0.137 e. The van der Waals surface area contributed by atoms with Crippen LogP contribution < -0.4 is 5.73 Å². The van der Waals surface area contributed by atoms with E-state index in [9.17, 15) is 0 Å². The molecule has 0 radical (unpaired) electrons. The number of nitrogens with zero attached hydrogens (tertiary/aromatic N) is 2. The van der Waals surface area contributed by atoms with Crippen molar-refractivity contribution in [2.75, 3.05) is 0 Å². The molecule has 2 heterocycles. The van der Waals surface area contributed by atoms with E-state index in [-0.39, 0.29) is 5.41 Å². The molecule has 2 N–H and O–H groups in total. The third-order valence-corrected chi connectivity index (χ3v) is 3.65. The van der Waals surface area contributed by atoms with Crippen molar-refractivity contribution in [3.05, 3.63) is 35.3 Å². The fourth-order valence-corrected chi connectivity index (χ4v) is 2.59. The van der Waals surface area contributed by atoms with Crippen molar-refractivity contribution < 1.29 is 0 Å². The number of pyridine rings is 1. The number of fused-ring (bicyclic) bond motifs is 3. The fourth-order valence-electron chi connectivity index (χ4n) is 2.59. The molecular formula is C13H17N3. The van der Waals surface area contributed by atoms with Gasteiger partial charge in [-0.05, 0) is 30.5 Å². The molecule has 0 saturated heterocycles. The molecule has 0 spiro atoms. The van der Waals surface area contributed by atoms with Crippen molar-refractivity contribution in [1.82, 2.24) is 9.38 Å². The van der Waals surface area contributed by atoms with Gasteiger partial charge in [0.1, 0.15) is 5.65 Å². The monoisotopic (exact) mass is 215 g/mol. The number of aromatic nitrogens is 2. The van der Waals surface area contributed by atoms with Crippen molar-refractivity contribution in [2.24, 2.45) is 5.73 Å². The Balaban J connectivity index is 2.26. The van der Waals surface area contributed by atoms with Crippen molar-refractivity contribution in [3.63, 3.8) is 0 Å². The molecule has 2 aromatic rings. The Morgan fingerprint density at radius 2 is 2.31 bits per heavy atom. The number of hydrogen-bond donors (Lipinski definition) is 1. The maximum absolute atomic E-state index is 5.65. The highest BCUT2D eigenvalue weighted by Crippen LogP contribution is 2.37. The largest absolute Gasteiger partial charge is 0.326 e. The summed E-state index contributed by atoms with van der Waals surface area (Å²) in [7, 11) is 0. The van der Waals surface area contributed by atoms with Gasteiger partial charge in [-0.3, -0.25) is 0 Å². The zero-order valence-electron chi connectivity index (χ0n) is 9.83. The van der Waals surface area contributed by atoms with E-state index in [2.05, 4.69) is 36.6 Å². The molecule has 0 bridgehead atoms. The van der Waals surface area contributed by atoms with Gasteiger partial charge in [0.15, 0.2) is 0 Å². The average molecular weight is 215 g/mol. The summed E-state index contributed by atoms with van der Waals surface area (Å²) in [6.45, 7) is 5.13. The Morgan fingerprint density at radius 3 is 3.06 bits per heavy atom. The Kier molecular flexibility index (Phi) is 1.89. The predicted molar refractivity (Wildman–Crippen MR) is 64.4 cm³/mol. The van der Waals surface area contributed by atoms with E-state index >= 15 is 0 Å². The normalized spacial score (nSPS) is 17.9. The first kappa shape index (κ1) is 9.85. The lowest BCUT2D eigenvalue weighted by Crippen LogP contribution is -2.12. The highest BCUT2D eigenvalue weighted by Gasteiger charge is 2.34. The molecular weight excluding hydrogens is 198 g/mol. The van der Waals surface area contributed by atoms with Gasteiger partial charge >= 0.3 is 0 Å². The van der Waals surface area contributed by atoms with Gasteiger partial charge in [-0.1, -0.05) is 13.8 Å². The van der Waals surface area contributed by atoms with Crippen LogP contribution in [-0.2, 0) is 18.4 Å². The lowest BCUT2D eigenvalue weighted by molar-refractivity contribution is 0.510. The second kappa shape index (κ2) is 3.08. The predicted octanol–water partition coefficient (Wildman–Crippen LogP) is 2.02. The zero-order chi connectivity index (χ0) is 11.3. The minimum absolute atomic E-state index is 0.226. The average Bonchev–Trinajstić information content (AvgIpc) is 2.76. The summed E-state index contributed by atoms with van der Waals surface area (Å²) in [5, 5.41) is 0. The van der Waals surface area contributed by atoms with Gasteiger partial charge in [-0.15, -0.1) is 0 Å². The van der Waals surface area contributed by atoms with E-state index in [0.717, 1.165) is 17.6 Å². The van der Waals surface area contributed by atoms with E-state index in [1.165, 1.54) is 17.8 Å². The Bertz CT molecular complexity index is 552. The van der Waals surface area contributed by atoms with Crippen LogP contribution in [0.1, 0.15) is 37.2 Å². The molecule has 0 aromatic carbocycles. The molecule has 0 fully saturated rings. The van der Waals surface area contributed by atoms with Crippen molar-refractivity contribution in [3.8, 4) is 0 Å². The van der Waals surface area contributed by atoms with E-state index in [0.29, 0.717) is 6.54 Å². The number of nitrogens with two attached hydrogens (primary N) is 1. The summed E-state index contributed by atoms with van der Waals surface area (Å²) >= 11 is 0. The van der Waals surface area contributed by atoms with Crippen molar-refractivity contribution in [2.45, 2.75) is 38.6 Å². The highest BCUT2D eigenvalue weighted by atomic mass is 15.0. The summed E-state index contributed by atoms with van der Waals surface area (Å²) < 4.78 is 2.21. The SMILES string of the molecule is CC1(C)CCc2c1nc1cc(CN)ccn21. The quantitative estimate of drug-likeness (QED) is 0.790. The third kappa shape index (κ3) is 1.21. The van der Waals surface area contributed by atoms with Crippen LogP contribution in [0.15, 0.2) is 18.3 Å². The third-order valence-electron chi connectivity index (χ3n) is 3.65. The molecule has 0 unspecified atom stereocenters. The molecule has 0 atom stereocenters. The number of rotatable bonds is 1. The van der Waals surface area contributed by atoms with Gasteiger partial charge in [0.2, 0.25) is 0 Å². The van der Waals surface area contributed by atoms with Crippen LogP contribution >= 0.6 is 0 Å².